The summed E-state index contributed by atoms with van der Waals surface area (Å²) in [6.07, 6.45) is -4.07. The minimum absolute atomic E-state index is 0.0343. The SMILES string of the molecule is O=C(C(O)c1cccc(-c2ccc(OC(F)(F)F)cc2)c1)N1CCc2nc(C3(c4ccccc4)CC3)[nH]c(=O)c2C1. The van der Waals surface area contributed by atoms with Gasteiger partial charge in [-0.25, -0.2) is 4.98 Å². The third-order valence-electron chi connectivity index (χ3n) is 7.77. The number of aromatic amines is 1. The van der Waals surface area contributed by atoms with Gasteiger partial charge >= 0.3 is 6.36 Å². The van der Waals surface area contributed by atoms with Crippen LogP contribution < -0.4 is 10.3 Å². The summed E-state index contributed by atoms with van der Waals surface area (Å²) in [5.74, 6) is -0.239. The van der Waals surface area contributed by atoms with Crippen molar-refractivity contribution in [3.8, 4) is 16.9 Å². The highest BCUT2D eigenvalue weighted by molar-refractivity contribution is 5.83. The molecule has 1 aromatic heterocycles. The molecule has 210 valence electrons. The number of benzene rings is 3. The Bertz CT molecular complexity index is 1650. The van der Waals surface area contributed by atoms with Crippen molar-refractivity contribution in [2.75, 3.05) is 6.54 Å². The maximum absolute atomic E-state index is 13.3. The number of ether oxygens (including phenoxy) is 1. The first kappa shape index (κ1) is 26.8. The summed E-state index contributed by atoms with van der Waals surface area (Å²) in [7, 11) is 0. The lowest BCUT2D eigenvalue weighted by atomic mass is 9.94. The van der Waals surface area contributed by atoms with Gasteiger partial charge in [0.25, 0.3) is 11.5 Å². The summed E-state index contributed by atoms with van der Waals surface area (Å²) in [6.45, 7) is 0.337. The minimum atomic E-state index is -4.79. The van der Waals surface area contributed by atoms with E-state index in [2.05, 4.69) is 9.72 Å². The molecule has 41 heavy (non-hydrogen) atoms. The Labute approximate surface area is 233 Å². The van der Waals surface area contributed by atoms with Crippen LogP contribution in [-0.2, 0) is 23.2 Å². The molecule has 1 saturated carbocycles. The van der Waals surface area contributed by atoms with E-state index in [1.54, 1.807) is 24.3 Å². The van der Waals surface area contributed by atoms with Crippen LogP contribution in [0.5, 0.6) is 5.75 Å². The molecule has 2 heterocycles. The Balaban J connectivity index is 1.18. The van der Waals surface area contributed by atoms with Gasteiger partial charge in [-0.05, 0) is 53.3 Å². The van der Waals surface area contributed by atoms with Crippen molar-refractivity contribution in [1.29, 1.82) is 0 Å². The number of nitrogens with zero attached hydrogens (tertiary/aromatic N) is 2. The topological polar surface area (TPSA) is 95.5 Å². The smallest absolute Gasteiger partial charge is 0.406 e. The summed E-state index contributed by atoms with van der Waals surface area (Å²) in [4.78, 5) is 35.7. The molecular formula is C31H26F3N3O4. The fraction of sp³-hybridized carbons (Fsp3) is 0.258. The fourth-order valence-electron chi connectivity index (χ4n) is 5.44. The second-order valence-electron chi connectivity index (χ2n) is 10.4. The number of halogens is 3. The molecule has 1 aliphatic carbocycles. The van der Waals surface area contributed by atoms with Crippen LogP contribution >= 0.6 is 0 Å². The van der Waals surface area contributed by atoms with Crippen molar-refractivity contribution in [2.45, 2.75) is 43.7 Å². The highest BCUT2D eigenvalue weighted by Gasteiger charge is 2.48. The number of aliphatic hydroxyl groups excluding tert-OH is 1. The quantitative estimate of drug-likeness (QED) is 0.344. The first-order valence-electron chi connectivity index (χ1n) is 13.2. The van der Waals surface area contributed by atoms with E-state index in [0.29, 0.717) is 46.7 Å². The van der Waals surface area contributed by atoms with Crippen molar-refractivity contribution in [2.24, 2.45) is 0 Å². The van der Waals surface area contributed by atoms with Gasteiger partial charge in [-0.15, -0.1) is 13.2 Å². The van der Waals surface area contributed by atoms with Crippen molar-refractivity contribution in [3.05, 3.63) is 117 Å². The van der Waals surface area contributed by atoms with Crippen molar-refractivity contribution in [1.82, 2.24) is 14.9 Å². The number of rotatable bonds is 6. The lowest BCUT2D eigenvalue weighted by molar-refractivity contribution is -0.274. The third kappa shape index (κ3) is 5.35. The van der Waals surface area contributed by atoms with E-state index in [4.69, 9.17) is 4.98 Å². The number of carbonyl (C=O) groups is 1. The van der Waals surface area contributed by atoms with Gasteiger partial charge in [0.05, 0.1) is 23.2 Å². The molecule has 3 aromatic carbocycles. The highest BCUT2D eigenvalue weighted by atomic mass is 19.4. The van der Waals surface area contributed by atoms with E-state index in [1.807, 2.05) is 30.3 Å². The molecule has 4 aromatic rings. The molecule has 1 aliphatic heterocycles. The maximum Gasteiger partial charge on any atom is 0.573 e. The molecule has 0 saturated heterocycles. The van der Waals surface area contributed by atoms with E-state index in [0.717, 1.165) is 18.4 Å². The summed E-state index contributed by atoms with van der Waals surface area (Å²) >= 11 is 0. The van der Waals surface area contributed by atoms with E-state index in [1.165, 1.54) is 29.2 Å². The van der Waals surface area contributed by atoms with E-state index in [-0.39, 0.29) is 23.3 Å². The Hall–Kier alpha value is -4.44. The Morgan fingerprint density at radius 3 is 2.41 bits per heavy atom. The number of fused-ring (bicyclic) bond motifs is 1. The number of alkyl halides is 3. The van der Waals surface area contributed by atoms with Crippen molar-refractivity contribution in [3.63, 3.8) is 0 Å². The zero-order valence-electron chi connectivity index (χ0n) is 21.8. The first-order valence-corrected chi connectivity index (χ1v) is 13.2. The molecule has 2 aliphatic rings. The summed E-state index contributed by atoms with van der Waals surface area (Å²) in [5, 5.41) is 10.9. The van der Waals surface area contributed by atoms with Crippen molar-refractivity contribution >= 4 is 5.91 Å². The number of hydrogen-bond donors (Lipinski definition) is 2. The average molecular weight is 562 g/mol. The largest absolute Gasteiger partial charge is 0.573 e. The third-order valence-corrected chi connectivity index (χ3v) is 7.77. The molecule has 1 unspecified atom stereocenters. The maximum atomic E-state index is 13.3. The standard InChI is InChI=1S/C31H26F3N3O4/c32-31(33,34)41-23-11-9-19(10-12-23)20-5-4-6-21(17-20)26(38)28(40)37-16-13-25-24(18-37)27(39)36-29(35-25)30(14-15-30)22-7-2-1-3-8-22/h1-12,17,26,38H,13-16,18H2,(H,35,36,39). The number of hydrogen-bond acceptors (Lipinski definition) is 5. The second-order valence-corrected chi connectivity index (χ2v) is 10.4. The van der Waals surface area contributed by atoms with Crippen LogP contribution in [0, 0.1) is 0 Å². The number of H-pyrrole nitrogens is 1. The fourth-order valence-corrected chi connectivity index (χ4v) is 5.44. The first-order chi connectivity index (χ1) is 19.6. The summed E-state index contributed by atoms with van der Waals surface area (Å²) < 4.78 is 41.3. The van der Waals surface area contributed by atoms with Gasteiger partial charge in [-0.3, -0.25) is 9.59 Å². The Morgan fingerprint density at radius 1 is 1.00 bits per heavy atom. The van der Waals surface area contributed by atoms with Gasteiger partial charge in [0.15, 0.2) is 6.10 Å². The van der Waals surface area contributed by atoms with E-state index in [9.17, 15) is 27.9 Å². The van der Waals surface area contributed by atoms with Crippen LogP contribution in [0.4, 0.5) is 13.2 Å². The van der Waals surface area contributed by atoms with E-state index >= 15 is 0 Å². The van der Waals surface area contributed by atoms with Crippen LogP contribution in [0.2, 0.25) is 0 Å². The minimum Gasteiger partial charge on any atom is -0.406 e. The van der Waals surface area contributed by atoms with Crippen LogP contribution in [0.25, 0.3) is 11.1 Å². The van der Waals surface area contributed by atoms with E-state index < -0.39 is 18.4 Å². The highest BCUT2D eigenvalue weighted by Crippen LogP contribution is 2.52. The van der Waals surface area contributed by atoms with Crippen LogP contribution in [-0.4, -0.2) is 38.8 Å². The van der Waals surface area contributed by atoms with Gasteiger partial charge in [-0.1, -0.05) is 60.7 Å². The number of carbonyl (C=O) groups excluding carboxylic acids is 1. The summed E-state index contributed by atoms with van der Waals surface area (Å²) in [5.41, 5.74) is 3.17. The van der Waals surface area contributed by atoms with Crippen molar-refractivity contribution < 1.29 is 27.8 Å². The molecule has 6 rings (SSSR count). The second kappa shape index (κ2) is 10.2. The molecule has 1 atom stereocenters. The number of aromatic nitrogens is 2. The number of aliphatic hydroxyl groups is 1. The summed E-state index contributed by atoms with van der Waals surface area (Å²) in [6, 6.07) is 21.9. The molecule has 1 fully saturated rings. The Kier molecular flexibility index (Phi) is 6.65. The van der Waals surface area contributed by atoms with Gasteiger partial charge in [0.1, 0.15) is 11.6 Å². The Morgan fingerprint density at radius 2 is 1.73 bits per heavy atom. The number of amides is 1. The van der Waals surface area contributed by atoms with Gasteiger partial charge in [-0.2, -0.15) is 0 Å². The lowest BCUT2D eigenvalue weighted by Gasteiger charge is -2.30. The molecule has 2 N–H and O–H groups in total. The average Bonchev–Trinajstić information content (AvgIpc) is 3.79. The molecule has 7 nitrogen and oxygen atoms in total. The normalized spacial score (nSPS) is 16.5. The van der Waals surface area contributed by atoms with Crippen LogP contribution in [0.3, 0.4) is 0 Å². The molecule has 10 heteroatoms. The zero-order valence-corrected chi connectivity index (χ0v) is 21.8. The monoisotopic (exact) mass is 561 g/mol. The number of nitrogens with one attached hydrogen (secondary N) is 1. The zero-order chi connectivity index (χ0) is 28.8. The molecule has 0 spiro atoms. The van der Waals surface area contributed by atoms with Crippen LogP contribution in [0.15, 0.2) is 83.7 Å². The van der Waals surface area contributed by atoms with Gasteiger partial charge < -0.3 is 19.7 Å². The molecule has 0 bridgehead atoms. The predicted octanol–water partition coefficient (Wildman–Crippen LogP) is 5.03. The predicted molar refractivity (Wildman–Crippen MR) is 144 cm³/mol. The molecule has 1 amide bonds. The lowest BCUT2D eigenvalue weighted by Crippen LogP contribution is -2.42. The van der Waals surface area contributed by atoms with Gasteiger partial charge in [0, 0.05) is 13.0 Å². The van der Waals surface area contributed by atoms with Crippen LogP contribution in [0.1, 0.15) is 47.2 Å². The molecular weight excluding hydrogens is 535 g/mol. The molecule has 0 radical (unpaired) electrons. The van der Waals surface area contributed by atoms with Gasteiger partial charge in [0.2, 0.25) is 0 Å².